The maximum absolute atomic E-state index is 10.6. The van der Waals surface area contributed by atoms with Gasteiger partial charge in [-0.3, -0.25) is 0 Å². The molecule has 0 saturated carbocycles. The van der Waals surface area contributed by atoms with Gasteiger partial charge in [-0.1, -0.05) is 27.5 Å². The first-order chi connectivity index (χ1) is 5.52. The first-order valence-electron chi connectivity index (χ1n) is 3.21. The summed E-state index contributed by atoms with van der Waals surface area (Å²) in [7, 11) is 0. The highest BCUT2D eigenvalue weighted by atomic mass is 79.9. The predicted octanol–water partition coefficient (Wildman–Crippen LogP) is 3.11. The summed E-state index contributed by atoms with van der Waals surface area (Å²) in [6.07, 6.45) is 0. The molecule has 0 aliphatic carbocycles. The smallest absolute Gasteiger partial charge is 0.336 e. The Labute approximate surface area is 83.3 Å². The highest BCUT2D eigenvalue weighted by Crippen LogP contribution is 2.24. The number of hydrogen-bond acceptors (Lipinski definition) is 1. The Hall–Kier alpha value is -0.540. The third-order valence-corrected chi connectivity index (χ3v) is 2.39. The van der Waals surface area contributed by atoms with Gasteiger partial charge in [0.15, 0.2) is 0 Å². The fourth-order valence-electron chi connectivity index (χ4n) is 0.868. The average Bonchev–Trinajstić information content (AvgIpc) is 1.96. The first-order valence-corrected chi connectivity index (χ1v) is 4.38. The van der Waals surface area contributed by atoms with Crippen molar-refractivity contribution in [3.8, 4) is 0 Å². The summed E-state index contributed by atoms with van der Waals surface area (Å²) in [5.74, 6) is -0.962. The van der Waals surface area contributed by atoms with Crippen LogP contribution >= 0.6 is 27.5 Å². The predicted molar refractivity (Wildman–Crippen MR) is 50.8 cm³/mol. The van der Waals surface area contributed by atoms with Crippen LogP contribution in [0.5, 0.6) is 0 Å². The maximum atomic E-state index is 10.6. The SMILES string of the molecule is Cc1c(Cl)cc(Br)cc1C(=O)O. The summed E-state index contributed by atoms with van der Waals surface area (Å²) >= 11 is 8.94. The second-order valence-electron chi connectivity index (χ2n) is 2.37. The molecule has 0 radical (unpaired) electrons. The van der Waals surface area contributed by atoms with Gasteiger partial charge in [-0.25, -0.2) is 4.79 Å². The van der Waals surface area contributed by atoms with Gasteiger partial charge in [0.1, 0.15) is 0 Å². The van der Waals surface area contributed by atoms with Crippen molar-refractivity contribution in [2.24, 2.45) is 0 Å². The van der Waals surface area contributed by atoms with Gasteiger partial charge >= 0.3 is 5.97 Å². The third kappa shape index (κ3) is 1.79. The van der Waals surface area contributed by atoms with E-state index < -0.39 is 5.97 Å². The summed E-state index contributed by atoms with van der Waals surface area (Å²) in [6.45, 7) is 1.68. The summed E-state index contributed by atoms with van der Waals surface area (Å²) < 4.78 is 0.676. The molecule has 0 aliphatic heterocycles. The monoisotopic (exact) mass is 248 g/mol. The van der Waals surface area contributed by atoms with E-state index >= 15 is 0 Å². The van der Waals surface area contributed by atoms with Crippen LogP contribution in [0.15, 0.2) is 16.6 Å². The Kier molecular flexibility index (Phi) is 2.75. The number of carboxylic acid groups (broad SMARTS) is 1. The topological polar surface area (TPSA) is 37.3 Å². The normalized spacial score (nSPS) is 9.92. The highest BCUT2D eigenvalue weighted by Gasteiger charge is 2.10. The van der Waals surface area contributed by atoms with E-state index in [9.17, 15) is 4.79 Å². The van der Waals surface area contributed by atoms with Crippen LogP contribution in [0, 0.1) is 6.92 Å². The minimum absolute atomic E-state index is 0.231. The van der Waals surface area contributed by atoms with Crippen molar-refractivity contribution in [3.05, 3.63) is 32.8 Å². The Morgan fingerprint density at radius 1 is 1.58 bits per heavy atom. The van der Waals surface area contributed by atoms with Gasteiger partial charge in [0.25, 0.3) is 0 Å². The molecule has 0 spiro atoms. The van der Waals surface area contributed by atoms with Crippen molar-refractivity contribution in [3.63, 3.8) is 0 Å². The van der Waals surface area contributed by atoms with Gasteiger partial charge in [0.05, 0.1) is 5.56 Å². The Morgan fingerprint density at radius 3 is 2.67 bits per heavy atom. The number of rotatable bonds is 1. The molecule has 4 heteroatoms. The third-order valence-electron chi connectivity index (χ3n) is 1.54. The molecule has 1 aromatic rings. The first kappa shape index (κ1) is 9.55. The van der Waals surface area contributed by atoms with E-state index in [0.717, 1.165) is 0 Å². The van der Waals surface area contributed by atoms with Crippen LogP contribution in [0.4, 0.5) is 0 Å². The van der Waals surface area contributed by atoms with Crippen molar-refractivity contribution < 1.29 is 9.90 Å². The molecular formula is C8H6BrClO2. The van der Waals surface area contributed by atoms with Crippen LogP contribution in [0.1, 0.15) is 15.9 Å². The van der Waals surface area contributed by atoms with Crippen LogP contribution in [0.3, 0.4) is 0 Å². The van der Waals surface area contributed by atoms with Gasteiger partial charge in [-0.15, -0.1) is 0 Å². The summed E-state index contributed by atoms with van der Waals surface area (Å²) in [6, 6.07) is 3.20. The van der Waals surface area contributed by atoms with E-state index in [1.165, 1.54) is 6.07 Å². The average molecular weight is 249 g/mol. The molecule has 0 fully saturated rings. The maximum Gasteiger partial charge on any atom is 0.336 e. The summed E-state index contributed by atoms with van der Waals surface area (Å²) in [5, 5.41) is 9.20. The lowest BCUT2D eigenvalue weighted by Gasteiger charge is -2.03. The van der Waals surface area contributed by atoms with Gasteiger partial charge in [0.2, 0.25) is 0 Å². The van der Waals surface area contributed by atoms with Gasteiger partial charge < -0.3 is 5.11 Å². The molecule has 0 heterocycles. The Bertz CT molecular complexity index is 336. The number of carbonyl (C=O) groups is 1. The number of aromatic carboxylic acids is 1. The molecule has 0 amide bonds. The molecule has 1 N–H and O–H groups in total. The van der Waals surface area contributed by atoms with Crippen molar-refractivity contribution in [2.45, 2.75) is 6.92 Å². The van der Waals surface area contributed by atoms with E-state index in [4.69, 9.17) is 16.7 Å². The number of benzene rings is 1. The standard InChI is InChI=1S/C8H6BrClO2/c1-4-6(8(11)12)2-5(9)3-7(4)10/h2-3H,1H3,(H,11,12). The van der Waals surface area contributed by atoms with Crippen molar-refractivity contribution in [2.75, 3.05) is 0 Å². The molecule has 0 unspecified atom stereocenters. The summed E-state index contributed by atoms with van der Waals surface area (Å²) in [5.41, 5.74) is 0.821. The summed E-state index contributed by atoms with van der Waals surface area (Å²) in [4.78, 5) is 10.6. The van der Waals surface area contributed by atoms with Gasteiger partial charge in [-0.2, -0.15) is 0 Å². The lowest BCUT2D eigenvalue weighted by atomic mass is 10.1. The fraction of sp³-hybridized carbons (Fsp3) is 0.125. The molecular weight excluding hydrogens is 243 g/mol. The molecule has 12 heavy (non-hydrogen) atoms. The Balaban J connectivity index is 3.37. The molecule has 0 aliphatic rings. The van der Waals surface area contributed by atoms with Crippen LogP contribution in [-0.4, -0.2) is 11.1 Å². The zero-order chi connectivity index (χ0) is 9.30. The minimum atomic E-state index is -0.962. The molecule has 0 bridgehead atoms. The molecule has 0 aromatic heterocycles. The molecule has 0 atom stereocenters. The minimum Gasteiger partial charge on any atom is -0.478 e. The van der Waals surface area contributed by atoms with E-state index in [1.54, 1.807) is 13.0 Å². The Morgan fingerprint density at radius 2 is 2.17 bits per heavy atom. The van der Waals surface area contributed by atoms with E-state index in [2.05, 4.69) is 15.9 Å². The quantitative estimate of drug-likeness (QED) is 0.830. The van der Waals surface area contributed by atoms with E-state index in [1.807, 2.05) is 0 Å². The molecule has 2 nitrogen and oxygen atoms in total. The molecule has 1 aromatic carbocycles. The van der Waals surface area contributed by atoms with Crippen LogP contribution in [0.25, 0.3) is 0 Å². The van der Waals surface area contributed by atoms with Crippen molar-refractivity contribution in [1.82, 2.24) is 0 Å². The van der Waals surface area contributed by atoms with Crippen molar-refractivity contribution in [1.29, 1.82) is 0 Å². The second-order valence-corrected chi connectivity index (χ2v) is 3.69. The van der Waals surface area contributed by atoms with Crippen molar-refractivity contribution >= 4 is 33.5 Å². The van der Waals surface area contributed by atoms with Crippen LogP contribution in [0.2, 0.25) is 5.02 Å². The molecule has 64 valence electrons. The zero-order valence-corrected chi connectivity index (χ0v) is 8.61. The lowest BCUT2D eigenvalue weighted by molar-refractivity contribution is 0.0696. The van der Waals surface area contributed by atoms with E-state index in [0.29, 0.717) is 15.1 Å². The van der Waals surface area contributed by atoms with E-state index in [-0.39, 0.29) is 5.56 Å². The van der Waals surface area contributed by atoms with Gasteiger partial charge in [0, 0.05) is 9.50 Å². The fourth-order valence-corrected chi connectivity index (χ4v) is 1.68. The van der Waals surface area contributed by atoms with Crippen LogP contribution < -0.4 is 0 Å². The number of hydrogen-bond donors (Lipinski definition) is 1. The lowest BCUT2D eigenvalue weighted by Crippen LogP contribution is -1.99. The molecule has 1 rings (SSSR count). The number of carboxylic acids is 1. The largest absolute Gasteiger partial charge is 0.478 e. The van der Waals surface area contributed by atoms with Gasteiger partial charge in [-0.05, 0) is 24.6 Å². The number of halogens is 2. The van der Waals surface area contributed by atoms with Crippen LogP contribution in [-0.2, 0) is 0 Å². The highest BCUT2D eigenvalue weighted by molar-refractivity contribution is 9.10. The zero-order valence-electron chi connectivity index (χ0n) is 6.27. The molecule has 0 saturated heterocycles. The second kappa shape index (κ2) is 3.46.